The monoisotopic (exact) mass is 292 g/mol. The molecule has 2 rings (SSSR count). The number of hydrogen-bond donors (Lipinski definition) is 1. The van der Waals surface area contributed by atoms with Crippen molar-refractivity contribution >= 4 is 5.91 Å². The zero-order chi connectivity index (χ0) is 15.2. The van der Waals surface area contributed by atoms with E-state index in [1.54, 1.807) is 0 Å². The van der Waals surface area contributed by atoms with Crippen LogP contribution in [-0.2, 0) is 4.79 Å². The van der Waals surface area contributed by atoms with Gasteiger partial charge in [0.1, 0.15) is 5.82 Å². The zero-order valence-corrected chi connectivity index (χ0v) is 12.7. The van der Waals surface area contributed by atoms with Crippen molar-refractivity contribution in [2.45, 2.75) is 38.5 Å². The second-order valence-corrected chi connectivity index (χ2v) is 6.23. The minimum atomic E-state index is -0.202. The highest BCUT2D eigenvalue weighted by Gasteiger charge is 2.21. The van der Waals surface area contributed by atoms with Crippen LogP contribution >= 0.6 is 0 Å². The molecule has 2 atom stereocenters. The van der Waals surface area contributed by atoms with Gasteiger partial charge in [-0.15, -0.1) is 0 Å². The first-order valence-electron chi connectivity index (χ1n) is 7.80. The van der Waals surface area contributed by atoms with Gasteiger partial charge in [-0.05, 0) is 55.3 Å². The van der Waals surface area contributed by atoms with Crippen molar-refractivity contribution in [2.75, 3.05) is 19.6 Å². The number of benzene rings is 1. The Hall–Kier alpha value is -1.42. The molecule has 0 saturated carbocycles. The van der Waals surface area contributed by atoms with Crippen LogP contribution in [0, 0.1) is 11.7 Å². The first kappa shape index (κ1) is 16.0. The first-order chi connectivity index (χ1) is 10.0. The van der Waals surface area contributed by atoms with E-state index in [2.05, 4.69) is 11.8 Å². The molecule has 1 amide bonds. The van der Waals surface area contributed by atoms with Crippen LogP contribution in [0.15, 0.2) is 24.3 Å². The topological polar surface area (TPSA) is 46.3 Å². The lowest BCUT2D eigenvalue weighted by Crippen LogP contribution is -2.38. The van der Waals surface area contributed by atoms with Gasteiger partial charge in [0.25, 0.3) is 0 Å². The Morgan fingerprint density at radius 1 is 1.43 bits per heavy atom. The number of hydrogen-bond acceptors (Lipinski definition) is 2. The number of nitrogens with zero attached hydrogens (tertiary/aromatic N) is 1. The predicted molar refractivity (Wildman–Crippen MR) is 82.4 cm³/mol. The van der Waals surface area contributed by atoms with Crippen LogP contribution in [-0.4, -0.2) is 30.4 Å². The van der Waals surface area contributed by atoms with Crippen molar-refractivity contribution in [3.8, 4) is 0 Å². The second kappa shape index (κ2) is 7.55. The number of likely N-dealkylation sites (tertiary alicyclic amines) is 1. The van der Waals surface area contributed by atoms with E-state index in [4.69, 9.17) is 5.73 Å². The number of primary amides is 1. The van der Waals surface area contributed by atoms with Crippen molar-refractivity contribution in [1.82, 2.24) is 4.90 Å². The summed E-state index contributed by atoms with van der Waals surface area (Å²) >= 11 is 0. The lowest BCUT2D eigenvalue weighted by molar-refractivity contribution is -0.118. The van der Waals surface area contributed by atoms with Gasteiger partial charge < -0.3 is 10.6 Å². The third kappa shape index (κ3) is 5.12. The molecule has 3 nitrogen and oxygen atoms in total. The molecule has 116 valence electrons. The van der Waals surface area contributed by atoms with E-state index in [1.165, 1.54) is 30.5 Å². The fourth-order valence-corrected chi connectivity index (χ4v) is 3.18. The van der Waals surface area contributed by atoms with E-state index in [0.29, 0.717) is 18.3 Å². The standard InChI is InChI=1S/C17H25FN2O/c1-13(15-5-7-16(18)8-6-15)11-20-10-2-3-14(12-20)4-9-17(19)21/h5-8,13-14H,2-4,9-12H2,1H3,(H2,19,21). The molecule has 2 N–H and O–H groups in total. The summed E-state index contributed by atoms with van der Waals surface area (Å²) in [5.74, 6) is 0.578. The Morgan fingerprint density at radius 2 is 2.14 bits per heavy atom. The van der Waals surface area contributed by atoms with Crippen LogP contribution in [0.25, 0.3) is 0 Å². The van der Waals surface area contributed by atoms with Gasteiger partial charge in [0.05, 0.1) is 0 Å². The highest BCUT2D eigenvalue weighted by molar-refractivity contribution is 5.73. The maximum absolute atomic E-state index is 13.0. The summed E-state index contributed by atoms with van der Waals surface area (Å²) in [5.41, 5.74) is 6.41. The maximum Gasteiger partial charge on any atom is 0.217 e. The van der Waals surface area contributed by atoms with E-state index in [-0.39, 0.29) is 11.7 Å². The summed E-state index contributed by atoms with van der Waals surface area (Å²) in [5, 5.41) is 0. The molecule has 1 aliphatic heterocycles. The van der Waals surface area contributed by atoms with Gasteiger partial charge in [-0.1, -0.05) is 19.1 Å². The van der Waals surface area contributed by atoms with Gasteiger partial charge in [-0.25, -0.2) is 4.39 Å². The van der Waals surface area contributed by atoms with Gasteiger partial charge >= 0.3 is 0 Å². The Kier molecular flexibility index (Phi) is 5.74. The van der Waals surface area contributed by atoms with Crippen LogP contribution in [0.4, 0.5) is 4.39 Å². The lowest BCUT2D eigenvalue weighted by Gasteiger charge is -2.34. The molecule has 1 aromatic carbocycles. The summed E-state index contributed by atoms with van der Waals surface area (Å²) in [4.78, 5) is 13.4. The number of carbonyl (C=O) groups excluding carboxylic acids is 1. The number of nitrogens with two attached hydrogens (primary N) is 1. The summed E-state index contributed by atoms with van der Waals surface area (Å²) in [6.07, 6.45) is 3.76. The van der Waals surface area contributed by atoms with Crippen LogP contribution in [0.5, 0.6) is 0 Å². The molecule has 1 fully saturated rings. The Labute approximate surface area is 126 Å². The van der Waals surface area contributed by atoms with E-state index < -0.39 is 0 Å². The third-order valence-electron chi connectivity index (χ3n) is 4.37. The molecule has 4 heteroatoms. The number of piperidine rings is 1. The minimum absolute atomic E-state index is 0.185. The maximum atomic E-state index is 13.0. The Morgan fingerprint density at radius 3 is 2.81 bits per heavy atom. The van der Waals surface area contributed by atoms with Gasteiger partial charge in [0.2, 0.25) is 5.91 Å². The number of rotatable bonds is 6. The van der Waals surface area contributed by atoms with Crippen LogP contribution in [0.2, 0.25) is 0 Å². The quantitative estimate of drug-likeness (QED) is 0.876. The van der Waals surface area contributed by atoms with Gasteiger partial charge in [-0.2, -0.15) is 0 Å². The average Bonchev–Trinajstić information content (AvgIpc) is 2.46. The van der Waals surface area contributed by atoms with E-state index in [1.807, 2.05) is 12.1 Å². The van der Waals surface area contributed by atoms with Crippen molar-refractivity contribution in [3.63, 3.8) is 0 Å². The molecule has 1 heterocycles. The molecule has 1 aromatic rings. The van der Waals surface area contributed by atoms with Crippen molar-refractivity contribution in [2.24, 2.45) is 11.7 Å². The van der Waals surface area contributed by atoms with Crippen LogP contribution in [0.3, 0.4) is 0 Å². The normalized spacial score (nSPS) is 21.1. The van der Waals surface area contributed by atoms with Gasteiger partial charge in [0.15, 0.2) is 0 Å². The molecule has 0 bridgehead atoms. The van der Waals surface area contributed by atoms with E-state index in [9.17, 15) is 9.18 Å². The van der Waals surface area contributed by atoms with Gasteiger partial charge in [-0.3, -0.25) is 4.79 Å². The van der Waals surface area contributed by atoms with E-state index >= 15 is 0 Å². The molecule has 21 heavy (non-hydrogen) atoms. The molecule has 0 aromatic heterocycles. The fourth-order valence-electron chi connectivity index (χ4n) is 3.18. The van der Waals surface area contributed by atoms with Crippen molar-refractivity contribution < 1.29 is 9.18 Å². The molecule has 2 unspecified atom stereocenters. The molecular formula is C17H25FN2O. The summed E-state index contributed by atoms with van der Waals surface area (Å²) in [6, 6.07) is 6.79. The highest BCUT2D eigenvalue weighted by Crippen LogP contribution is 2.24. The largest absolute Gasteiger partial charge is 0.370 e. The van der Waals surface area contributed by atoms with Gasteiger partial charge in [0, 0.05) is 19.5 Å². The molecule has 1 saturated heterocycles. The van der Waals surface area contributed by atoms with Crippen molar-refractivity contribution in [3.05, 3.63) is 35.6 Å². The third-order valence-corrected chi connectivity index (χ3v) is 4.37. The predicted octanol–water partition coefficient (Wildman–Crippen LogP) is 2.91. The lowest BCUT2D eigenvalue weighted by atomic mass is 9.92. The zero-order valence-electron chi connectivity index (χ0n) is 12.7. The number of halogens is 1. The van der Waals surface area contributed by atoms with Crippen LogP contribution in [0.1, 0.15) is 44.1 Å². The Balaban J connectivity index is 1.84. The summed E-state index contributed by atoms with van der Waals surface area (Å²) < 4.78 is 13.0. The minimum Gasteiger partial charge on any atom is -0.370 e. The smallest absolute Gasteiger partial charge is 0.217 e. The molecular weight excluding hydrogens is 267 g/mol. The summed E-state index contributed by atoms with van der Waals surface area (Å²) in [7, 11) is 0. The Bertz CT molecular complexity index is 460. The highest BCUT2D eigenvalue weighted by atomic mass is 19.1. The summed E-state index contributed by atoms with van der Waals surface area (Å²) in [6.45, 7) is 5.32. The first-order valence-corrected chi connectivity index (χ1v) is 7.80. The molecule has 1 aliphatic rings. The second-order valence-electron chi connectivity index (χ2n) is 6.23. The molecule has 0 aliphatic carbocycles. The van der Waals surface area contributed by atoms with E-state index in [0.717, 1.165) is 26.1 Å². The number of amides is 1. The van der Waals surface area contributed by atoms with Crippen LogP contribution < -0.4 is 5.73 Å². The fraction of sp³-hybridized carbons (Fsp3) is 0.588. The molecule has 0 radical (unpaired) electrons. The average molecular weight is 292 g/mol. The molecule has 0 spiro atoms. The number of carbonyl (C=O) groups is 1. The van der Waals surface area contributed by atoms with Crippen molar-refractivity contribution in [1.29, 1.82) is 0 Å². The SMILES string of the molecule is CC(CN1CCCC(CCC(N)=O)C1)c1ccc(F)cc1.